The first-order chi connectivity index (χ1) is 12.0. The van der Waals surface area contributed by atoms with Gasteiger partial charge in [0.15, 0.2) is 0 Å². The quantitative estimate of drug-likeness (QED) is 0.473. The Kier molecular flexibility index (Phi) is 4.19. The topological polar surface area (TPSA) is 49.3 Å². The van der Waals surface area contributed by atoms with E-state index >= 15 is 0 Å². The summed E-state index contributed by atoms with van der Waals surface area (Å²) in [4.78, 5) is 11.7. The molecule has 4 rings (SSSR count). The summed E-state index contributed by atoms with van der Waals surface area (Å²) in [6.45, 7) is 0. The summed E-state index contributed by atoms with van der Waals surface area (Å²) in [5, 5.41) is 14.4. The van der Waals surface area contributed by atoms with Crippen LogP contribution in [-0.2, 0) is 0 Å². The molecule has 2 aliphatic rings. The highest BCUT2D eigenvalue weighted by Crippen LogP contribution is 2.55. The second kappa shape index (κ2) is 6.24. The predicted octanol–water partition coefficient (Wildman–Crippen LogP) is 6.17. The number of hydrogen-bond acceptors (Lipinski definition) is 2. The van der Waals surface area contributed by atoms with Crippen LogP contribution in [0.3, 0.4) is 0 Å². The lowest BCUT2D eigenvalue weighted by atomic mass is 9.76. The molecule has 0 radical (unpaired) electrons. The molecule has 2 aromatic rings. The Bertz CT molecular complexity index is 910. The lowest BCUT2D eigenvalue weighted by molar-refractivity contribution is 0.0694. The van der Waals surface area contributed by atoms with Crippen LogP contribution in [-0.4, -0.2) is 11.1 Å². The van der Waals surface area contributed by atoms with E-state index in [1.165, 1.54) is 0 Å². The van der Waals surface area contributed by atoms with Gasteiger partial charge in [0.2, 0.25) is 0 Å². The number of fused-ring (bicyclic) bond motifs is 3. The van der Waals surface area contributed by atoms with Crippen LogP contribution in [0.1, 0.15) is 39.9 Å². The zero-order valence-corrected chi connectivity index (χ0v) is 15.2. The Hall–Kier alpha value is -1.68. The number of anilines is 1. The zero-order chi connectivity index (χ0) is 17.7. The van der Waals surface area contributed by atoms with Crippen molar-refractivity contribution in [3.8, 4) is 0 Å². The fourth-order valence-corrected chi connectivity index (χ4v) is 4.74. The van der Waals surface area contributed by atoms with E-state index in [2.05, 4.69) is 17.5 Å². The highest BCUT2D eigenvalue weighted by atomic mass is 35.5. The van der Waals surface area contributed by atoms with Crippen molar-refractivity contribution in [1.29, 1.82) is 0 Å². The number of carboxylic acid groups (broad SMARTS) is 1. The predicted molar refractivity (Wildman–Crippen MR) is 101 cm³/mol. The van der Waals surface area contributed by atoms with Crippen LogP contribution in [0.15, 0.2) is 42.5 Å². The Morgan fingerprint density at radius 1 is 1.16 bits per heavy atom. The van der Waals surface area contributed by atoms with Crippen molar-refractivity contribution in [2.45, 2.75) is 18.4 Å². The molecule has 0 spiro atoms. The molecule has 0 aromatic heterocycles. The Balaban J connectivity index is 1.90. The van der Waals surface area contributed by atoms with Crippen LogP contribution in [0.2, 0.25) is 15.1 Å². The fourth-order valence-electron chi connectivity index (χ4n) is 3.93. The summed E-state index contributed by atoms with van der Waals surface area (Å²) >= 11 is 19.1. The fraction of sp³-hybridized carbons (Fsp3) is 0.211. The molecule has 0 unspecified atom stereocenters. The van der Waals surface area contributed by atoms with Gasteiger partial charge in [-0.2, -0.15) is 0 Å². The molecular weight excluding hydrogens is 381 g/mol. The van der Waals surface area contributed by atoms with E-state index in [1.807, 2.05) is 12.1 Å². The van der Waals surface area contributed by atoms with Gasteiger partial charge < -0.3 is 10.4 Å². The molecule has 0 bridgehead atoms. The maximum atomic E-state index is 11.7. The molecule has 128 valence electrons. The average Bonchev–Trinajstić information content (AvgIpc) is 3.08. The van der Waals surface area contributed by atoms with Crippen LogP contribution in [0.5, 0.6) is 0 Å². The van der Waals surface area contributed by atoms with E-state index < -0.39 is 5.97 Å². The van der Waals surface area contributed by atoms with Gasteiger partial charge in [-0.15, -0.1) is 0 Å². The third kappa shape index (κ3) is 2.62. The van der Waals surface area contributed by atoms with Gasteiger partial charge in [-0.25, -0.2) is 4.79 Å². The second-order valence-electron chi connectivity index (χ2n) is 6.31. The minimum absolute atomic E-state index is 0.0480. The van der Waals surface area contributed by atoms with Gasteiger partial charge in [-0.1, -0.05) is 65.2 Å². The largest absolute Gasteiger partial charge is 0.478 e. The summed E-state index contributed by atoms with van der Waals surface area (Å²) in [6, 6.07) is 8.52. The number of carboxylic acids is 1. The molecule has 1 heterocycles. The van der Waals surface area contributed by atoms with E-state index in [9.17, 15) is 9.90 Å². The van der Waals surface area contributed by atoms with Gasteiger partial charge in [-0.3, -0.25) is 0 Å². The van der Waals surface area contributed by atoms with Crippen LogP contribution in [0.25, 0.3) is 0 Å². The Labute approximate surface area is 160 Å². The molecule has 2 aromatic carbocycles. The van der Waals surface area contributed by atoms with Crippen molar-refractivity contribution in [1.82, 2.24) is 0 Å². The number of halogens is 3. The molecule has 25 heavy (non-hydrogen) atoms. The van der Waals surface area contributed by atoms with E-state index in [4.69, 9.17) is 34.8 Å². The average molecular weight is 395 g/mol. The molecule has 0 fully saturated rings. The van der Waals surface area contributed by atoms with Gasteiger partial charge in [0.1, 0.15) is 0 Å². The van der Waals surface area contributed by atoms with Crippen molar-refractivity contribution < 1.29 is 9.90 Å². The van der Waals surface area contributed by atoms with E-state index in [0.29, 0.717) is 20.6 Å². The molecule has 6 heteroatoms. The number of aromatic carboxylic acids is 1. The highest BCUT2D eigenvalue weighted by molar-refractivity contribution is 6.44. The van der Waals surface area contributed by atoms with Crippen LogP contribution in [0.4, 0.5) is 5.69 Å². The summed E-state index contributed by atoms with van der Waals surface area (Å²) in [6.07, 6.45) is 5.04. The Morgan fingerprint density at radius 2 is 1.92 bits per heavy atom. The van der Waals surface area contributed by atoms with Crippen molar-refractivity contribution in [3.05, 3.63) is 74.2 Å². The van der Waals surface area contributed by atoms with Gasteiger partial charge >= 0.3 is 5.97 Å². The maximum Gasteiger partial charge on any atom is 0.336 e. The van der Waals surface area contributed by atoms with Crippen molar-refractivity contribution in [2.75, 3.05) is 5.32 Å². The molecule has 3 nitrogen and oxygen atoms in total. The lowest BCUT2D eigenvalue weighted by Gasteiger charge is -2.39. The second-order valence-corrected chi connectivity index (χ2v) is 7.50. The molecule has 3 atom stereocenters. The van der Waals surface area contributed by atoms with E-state index in [-0.39, 0.29) is 17.9 Å². The smallest absolute Gasteiger partial charge is 0.336 e. The third-order valence-electron chi connectivity index (χ3n) is 5.01. The molecule has 1 aliphatic heterocycles. The van der Waals surface area contributed by atoms with Gasteiger partial charge in [0.05, 0.1) is 32.4 Å². The van der Waals surface area contributed by atoms with Gasteiger partial charge in [0.25, 0.3) is 0 Å². The summed E-state index contributed by atoms with van der Waals surface area (Å²) < 4.78 is 0. The number of nitrogens with one attached hydrogen (secondary N) is 1. The standard InChI is InChI=1S/C19H14Cl3NO2/c20-13-8-14(21)18-15(16(13)22)9-6-3-7-10(9)17(23-18)11-4-1-2-5-12(11)19(24)25/h1-6,8-10,17,23H,7H2,(H,24,25)/t9-,10-,17+/m0/s1. The summed E-state index contributed by atoms with van der Waals surface area (Å²) in [5.41, 5.74) is 2.67. The van der Waals surface area contributed by atoms with Crippen LogP contribution in [0, 0.1) is 5.92 Å². The van der Waals surface area contributed by atoms with Gasteiger partial charge in [0, 0.05) is 11.5 Å². The van der Waals surface area contributed by atoms with Gasteiger partial charge in [-0.05, 0) is 30.0 Å². The highest BCUT2D eigenvalue weighted by Gasteiger charge is 2.41. The van der Waals surface area contributed by atoms with Crippen molar-refractivity contribution >= 4 is 46.5 Å². The SMILES string of the molecule is O=C(O)c1ccccc1[C@@H]1Nc2c(Cl)cc(Cl)c(Cl)c2[C@H]2C=CC[C@@H]21. The number of hydrogen-bond donors (Lipinski definition) is 2. The first kappa shape index (κ1) is 16.8. The molecule has 0 saturated heterocycles. The van der Waals surface area contributed by atoms with Crippen LogP contribution < -0.4 is 5.32 Å². The normalized spacial score (nSPS) is 23.7. The minimum atomic E-state index is -0.939. The number of benzene rings is 2. The van der Waals surface area contributed by atoms with E-state index in [1.54, 1.807) is 18.2 Å². The molecule has 0 saturated carbocycles. The monoisotopic (exact) mass is 393 g/mol. The molecule has 1 aliphatic carbocycles. The van der Waals surface area contributed by atoms with E-state index in [0.717, 1.165) is 23.2 Å². The number of rotatable bonds is 2. The van der Waals surface area contributed by atoms with Crippen LogP contribution >= 0.6 is 34.8 Å². The summed E-state index contributed by atoms with van der Waals surface area (Å²) in [7, 11) is 0. The first-order valence-electron chi connectivity index (χ1n) is 7.92. The van der Waals surface area contributed by atoms with Crippen molar-refractivity contribution in [2.24, 2.45) is 5.92 Å². The third-order valence-corrected chi connectivity index (χ3v) is 6.11. The maximum absolute atomic E-state index is 11.7. The molecule has 2 N–H and O–H groups in total. The molecular formula is C19H14Cl3NO2. The molecule has 0 amide bonds. The number of allylic oxidation sites excluding steroid dienone is 2. The lowest BCUT2D eigenvalue weighted by Crippen LogP contribution is -2.30. The zero-order valence-electron chi connectivity index (χ0n) is 13.0. The number of carbonyl (C=O) groups is 1. The first-order valence-corrected chi connectivity index (χ1v) is 9.05. The summed E-state index contributed by atoms with van der Waals surface area (Å²) in [5.74, 6) is -0.738. The minimum Gasteiger partial charge on any atom is -0.478 e. The van der Waals surface area contributed by atoms with Crippen molar-refractivity contribution in [3.63, 3.8) is 0 Å². The Morgan fingerprint density at radius 3 is 2.68 bits per heavy atom.